The van der Waals surface area contributed by atoms with Gasteiger partial charge in [0.2, 0.25) is 0 Å². The van der Waals surface area contributed by atoms with Crippen LogP contribution < -0.4 is 10.6 Å². The zero-order valence-electron chi connectivity index (χ0n) is 14.8. The summed E-state index contributed by atoms with van der Waals surface area (Å²) >= 11 is 0. The van der Waals surface area contributed by atoms with E-state index in [0.717, 1.165) is 45.4 Å². The Morgan fingerprint density at radius 2 is 1.96 bits per heavy atom. The van der Waals surface area contributed by atoms with Gasteiger partial charge in [-0.05, 0) is 19.3 Å². The molecule has 0 aromatic carbocycles. The number of guanidine groups is 1. The lowest BCUT2D eigenvalue weighted by molar-refractivity contribution is 0.0320. The molecule has 2 unspecified atom stereocenters. The van der Waals surface area contributed by atoms with Gasteiger partial charge >= 0.3 is 0 Å². The van der Waals surface area contributed by atoms with Crippen molar-refractivity contribution in [3.05, 3.63) is 0 Å². The molecular formula is C15H32N4O3S. The number of nitrogens with zero attached hydrogens (tertiary/aromatic N) is 2. The summed E-state index contributed by atoms with van der Waals surface area (Å²) in [5, 5.41) is 6.56. The van der Waals surface area contributed by atoms with Crippen LogP contribution in [-0.2, 0) is 14.6 Å². The standard InChI is InChI=1S/C15H32N4O3S/c1-13(12-19-6-8-22-9-7-19)11-17-15(16-3)18-14(2)5-10-23(4,20)21/h13-14H,5-12H2,1-4H3,(H2,16,17,18). The number of hydrogen-bond donors (Lipinski definition) is 2. The zero-order valence-corrected chi connectivity index (χ0v) is 15.7. The average molecular weight is 349 g/mol. The van der Waals surface area contributed by atoms with Gasteiger partial charge in [-0.25, -0.2) is 8.42 Å². The summed E-state index contributed by atoms with van der Waals surface area (Å²) in [4.78, 5) is 6.62. The lowest BCUT2D eigenvalue weighted by Gasteiger charge is -2.29. The van der Waals surface area contributed by atoms with E-state index in [9.17, 15) is 8.42 Å². The van der Waals surface area contributed by atoms with E-state index < -0.39 is 9.84 Å². The fraction of sp³-hybridized carbons (Fsp3) is 0.933. The molecule has 1 aliphatic heterocycles. The van der Waals surface area contributed by atoms with Crippen molar-refractivity contribution in [1.29, 1.82) is 0 Å². The molecule has 1 rings (SSSR count). The SMILES string of the molecule is CN=C(NCC(C)CN1CCOCC1)NC(C)CCS(C)(=O)=O. The second kappa shape index (κ2) is 10.1. The number of ether oxygens (including phenoxy) is 1. The van der Waals surface area contributed by atoms with Crippen LogP contribution in [0, 0.1) is 5.92 Å². The van der Waals surface area contributed by atoms with Crippen LogP contribution in [0.15, 0.2) is 4.99 Å². The van der Waals surface area contributed by atoms with Gasteiger partial charge in [0.1, 0.15) is 9.84 Å². The van der Waals surface area contributed by atoms with E-state index in [1.807, 2.05) is 6.92 Å². The Labute approximate surface area is 140 Å². The summed E-state index contributed by atoms with van der Waals surface area (Å²) in [6.45, 7) is 9.69. The molecule has 0 aromatic heterocycles. The summed E-state index contributed by atoms with van der Waals surface area (Å²) in [5.41, 5.74) is 0. The van der Waals surface area contributed by atoms with Crippen LogP contribution in [0.25, 0.3) is 0 Å². The van der Waals surface area contributed by atoms with Gasteiger partial charge in [0.15, 0.2) is 5.96 Å². The molecule has 0 aliphatic carbocycles. The highest BCUT2D eigenvalue weighted by molar-refractivity contribution is 7.90. The van der Waals surface area contributed by atoms with E-state index in [2.05, 4.69) is 27.4 Å². The predicted octanol–water partition coefficient (Wildman–Crippen LogP) is -0.0571. The second-order valence-corrected chi connectivity index (χ2v) is 8.69. The van der Waals surface area contributed by atoms with Gasteiger partial charge < -0.3 is 15.4 Å². The van der Waals surface area contributed by atoms with E-state index in [4.69, 9.17) is 4.74 Å². The number of nitrogens with one attached hydrogen (secondary N) is 2. The molecule has 0 amide bonds. The van der Waals surface area contributed by atoms with Crippen molar-refractivity contribution in [1.82, 2.24) is 15.5 Å². The Morgan fingerprint density at radius 1 is 1.30 bits per heavy atom. The molecule has 7 nitrogen and oxygen atoms in total. The molecule has 1 heterocycles. The van der Waals surface area contributed by atoms with Crippen molar-refractivity contribution in [2.45, 2.75) is 26.3 Å². The highest BCUT2D eigenvalue weighted by atomic mass is 32.2. The number of morpholine rings is 1. The zero-order chi connectivity index (χ0) is 17.3. The summed E-state index contributed by atoms with van der Waals surface area (Å²) < 4.78 is 27.8. The fourth-order valence-corrected chi connectivity index (χ4v) is 3.23. The first-order chi connectivity index (χ1) is 10.8. The van der Waals surface area contributed by atoms with Crippen molar-refractivity contribution in [3.63, 3.8) is 0 Å². The van der Waals surface area contributed by atoms with Gasteiger partial charge in [0, 0.05) is 45.5 Å². The summed E-state index contributed by atoms with van der Waals surface area (Å²) in [7, 11) is -1.19. The van der Waals surface area contributed by atoms with Crippen LogP contribution in [0.5, 0.6) is 0 Å². The van der Waals surface area contributed by atoms with E-state index in [1.54, 1.807) is 7.05 Å². The number of aliphatic imine (C=N–C) groups is 1. The molecule has 0 saturated carbocycles. The lowest BCUT2D eigenvalue weighted by Crippen LogP contribution is -2.46. The monoisotopic (exact) mass is 348 g/mol. The van der Waals surface area contributed by atoms with E-state index >= 15 is 0 Å². The van der Waals surface area contributed by atoms with E-state index in [0.29, 0.717) is 12.3 Å². The van der Waals surface area contributed by atoms with Crippen LogP contribution in [0.4, 0.5) is 0 Å². The fourth-order valence-electron chi connectivity index (χ4n) is 2.45. The van der Waals surface area contributed by atoms with Crippen molar-refractivity contribution in [2.24, 2.45) is 10.9 Å². The molecular weight excluding hydrogens is 316 g/mol. The van der Waals surface area contributed by atoms with E-state index in [-0.39, 0.29) is 11.8 Å². The maximum atomic E-state index is 11.2. The molecule has 136 valence electrons. The topological polar surface area (TPSA) is 83.0 Å². The number of rotatable bonds is 8. The Bertz CT molecular complexity index is 461. The maximum absolute atomic E-state index is 11.2. The minimum Gasteiger partial charge on any atom is -0.379 e. The molecule has 1 saturated heterocycles. The van der Waals surface area contributed by atoms with Gasteiger partial charge in [0.25, 0.3) is 0 Å². The lowest BCUT2D eigenvalue weighted by atomic mass is 10.1. The molecule has 1 aliphatic rings. The Balaban J connectivity index is 2.27. The third kappa shape index (κ3) is 9.78. The summed E-state index contributed by atoms with van der Waals surface area (Å²) in [6.07, 6.45) is 1.84. The summed E-state index contributed by atoms with van der Waals surface area (Å²) in [5.74, 6) is 1.41. The Kier molecular flexibility index (Phi) is 8.86. The summed E-state index contributed by atoms with van der Waals surface area (Å²) in [6, 6.07) is 0.0606. The van der Waals surface area contributed by atoms with Crippen LogP contribution in [0.3, 0.4) is 0 Å². The highest BCUT2D eigenvalue weighted by Crippen LogP contribution is 2.02. The molecule has 0 bridgehead atoms. The predicted molar refractivity (Wildman–Crippen MR) is 94.7 cm³/mol. The largest absolute Gasteiger partial charge is 0.379 e. The first-order valence-electron chi connectivity index (χ1n) is 8.25. The molecule has 2 N–H and O–H groups in total. The maximum Gasteiger partial charge on any atom is 0.191 e. The van der Waals surface area contributed by atoms with Crippen LogP contribution in [-0.4, -0.2) is 83.8 Å². The molecule has 0 spiro atoms. The van der Waals surface area contributed by atoms with Gasteiger partial charge in [-0.2, -0.15) is 0 Å². The van der Waals surface area contributed by atoms with Crippen LogP contribution in [0.2, 0.25) is 0 Å². The Morgan fingerprint density at radius 3 is 2.52 bits per heavy atom. The number of hydrogen-bond acceptors (Lipinski definition) is 5. The van der Waals surface area contributed by atoms with Crippen molar-refractivity contribution in [3.8, 4) is 0 Å². The van der Waals surface area contributed by atoms with Crippen molar-refractivity contribution < 1.29 is 13.2 Å². The molecule has 0 radical (unpaired) electrons. The molecule has 1 fully saturated rings. The van der Waals surface area contributed by atoms with Gasteiger partial charge in [-0.15, -0.1) is 0 Å². The first-order valence-corrected chi connectivity index (χ1v) is 10.3. The molecule has 8 heteroatoms. The quantitative estimate of drug-likeness (QED) is 0.472. The van der Waals surface area contributed by atoms with Gasteiger partial charge in [-0.1, -0.05) is 6.92 Å². The minimum absolute atomic E-state index is 0.0606. The normalized spacial score (nSPS) is 20.1. The smallest absolute Gasteiger partial charge is 0.191 e. The second-order valence-electron chi connectivity index (χ2n) is 6.44. The van der Waals surface area contributed by atoms with Crippen molar-refractivity contribution >= 4 is 15.8 Å². The molecule has 0 aromatic rings. The van der Waals surface area contributed by atoms with Crippen LogP contribution >= 0.6 is 0 Å². The minimum atomic E-state index is -2.92. The first kappa shape index (κ1) is 20.2. The Hall–Kier alpha value is -0.860. The number of sulfone groups is 1. The van der Waals surface area contributed by atoms with E-state index in [1.165, 1.54) is 6.26 Å². The third-order valence-electron chi connectivity index (χ3n) is 3.82. The molecule has 2 atom stereocenters. The van der Waals surface area contributed by atoms with Crippen LogP contribution in [0.1, 0.15) is 20.3 Å². The van der Waals surface area contributed by atoms with Gasteiger partial charge in [0.05, 0.1) is 19.0 Å². The highest BCUT2D eigenvalue weighted by Gasteiger charge is 2.14. The van der Waals surface area contributed by atoms with Gasteiger partial charge in [-0.3, -0.25) is 9.89 Å². The molecule has 23 heavy (non-hydrogen) atoms. The third-order valence-corrected chi connectivity index (χ3v) is 4.80. The average Bonchev–Trinajstić information content (AvgIpc) is 2.49. The van der Waals surface area contributed by atoms with Crippen molar-refractivity contribution in [2.75, 3.05) is 58.4 Å².